The van der Waals surface area contributed by atoms with Crippen LogP contribution in [0, 0.1) is 0 Å². The van der Waals surface area contributed by atoms with Gasteiger partial charge in [0.1, 0.15) is 0 Å². The maximum absolute atomic E-state index is 3.80. The Morgan fingerprint density at radius 1 is 0.500 bits per heavy atom. The van der Waals surface area contributed by atoms with Crippen molar-refractivity contribution in [3.63, 3.8) is 0 Å². The molecule has 1 rings (SSSR count). The molecule has 0 heterocycles. The molecule has 96 valence electrons. The van der Waals surface area contributed by atoms with E-state index in [9.17, 15) is 0 Å². The molecule has 1 aliphatic carbocycles. The molecule has 1 aliphatic rings. The first-order valence-electron chi connectivity index (χ1n) is 5.29. The van der Waals surface area contributed by atoms with Gasteiger partial charge < -0.3 is 0 Å². The maximum Gasteiger partial charge on any atom is 0.0418 e. The Balaban J connectivity index is 2.73. The van der Waals surface area contributed by atoms with E-state index in [2.05, 4.69) is 95.6 Å². The molecule has 0 aromatic carbocycles. The van der Waals surface area contributed by atoms with E-state index >= 15 is 0 Å². The van der Waals surface area contributed by atoms with Crippen molar-refractivity contribution in [3.05, 3.63) is 0 Å². The van der Waals surface area contributed by atoms with Crippen molar-refractivity contribution in [2.75, 3.05) is 0 Å². The molecule has 0 aromatic rings. The van der Waals surface area contributed by atoms with Crippen LogP contribution in [0.3, 0.4) is 0 Å². The van der Waals surface area contributed by atoms with Crippen LogP contribution in [-0.2, 0) is 0 Å². The van der Waals surface area contributed by atoms with Crippen LogP contribution in [0.5, 0.6) is 0 Å². The van der Waals surface area contributed by atoms with Crippen LogP contribution in [0.1, 0.15) is 25.7 Å². The number of hydrogen-bond acceptors (Lipinski definition) is 0. The molecule has 0 nitrogen and oxygen atoms in total. The molecule has 1 fully saturated rings. The Hall–Kier alpha value is 2.88. The third-order valence-electron chi connectivity index (χ3n) is 2.81. The zero-order valence-electron chi connectivity index (χ0n) is 8.56. The van der Waals surface area contributed by atoms with Gasteiger partial charge in [-0.1, -0.05) is 108 Å². The zero-order chi connectivity index (χ0) is 12.3. The fraction of sp³-hybridized carbons (Fsp3) is 1.00. The minimum absolute atomic E-state index is 0.402. The van der Waals surface area contributed by atoms with Crippen molar-refractivity contribution in [3.8, 4) is 0 Å². The van der Waals surface area contributed by atoms with Gasteiger partial charge in [0.15, 0.2) is 0 Å². The van der Waals surface area contributed by atoms with E-state index in [1.165, 1.54) is 25.7 Å². The minimum Gasteiger partial charge on any atom is -0.0878 e. The smallest absolute Gasteiger partial charge is 0.0418 e. The third-order valence-corrected chi connectivity index (χ3v) is 13.1. The summed E-state index contributed by atoms with van der Waals surface area (Å²) in [5, 5.41) is 0. The number of hydrogen-bond donors (Lipinski definition) is 0. The summed E-state index contributed by atoms with van der Waals surface area (Å²) in [5.74, 6) is 0. The molecule has 0 aromatic heterocycles. The van der Waals surface area contributed by atoms with Gasteiger partial charge in [0.2, 0.25) is 0 Å². The van der Waals surface area contributed by atoms with Crippen molar-refractivity contribution in [1.29, 1.82) is 0 Å². The summed E-state index contributed by atoms with van der Waals surface area (Å²) in [6.45, 7) is 0. The SMILES string of the molecule is BrC1CCCCC(Br)C(Br)C(Br)C(Br)C1Br. The molecule has 0 amide bonds. The highest BCUT2D eigenvalue weighted by Crippen LogP contribution is 2.38. The minimum atomic E-state index is 0.402. The third kappa shape index (κ3) is 4.77. The average molecular weight is 614 g/mol. The van der Waals surface area contributed by atoms with Gasteiger partial charge in [0.25, 0.3) is 0 Å². The van der Waals surface area contributed by atoms with Gasteiger partial charge in [0, 0.05) is 29.0 Å². The first-order chi connectivity index (χ1) is 7.45. The van der Waals surface area contributed by atoms with Gasteiger partial charge >= 0.3 is 0 Å². The highest BCUT2D eigenvalue weighted by molar-refractivity contribution is 9.15. The van der Waals surface area contributed by atoms with Crippen LogP contribution < -0.4 is 0 Å². The largest absolute Gasteiger partial charge is 0.0878 e. The molecule has 0 radical (unpaired) electrons. The molecule has 0 bridgehead atoms. The van der Waals surface area contributed by atoms with E-state index in [0.717, 1.165) is 0 Å². The van der Waals surface area contributed by atoms with Crippen molar-refractivity contribution in [1.82, 2.24) is 0 Å². The lowest BCUT2D eigenvalue weighted by Gasteiger charge is -2.32. The summed E-state index contributed by atoms with van der Waals surface area (Å²) < 4.78 is 0. The van der Waals surface area contributed by atoms with Crippen molar-refractivity contribution < 1.29 is 0 Å². The fourth-order valence-corrected chi connectivity index (χ4v) is 7.27. The predicted octanol–water partition coefficient (Wildman–Crippen LogP) is 6.14. The molecule has 0 aliphatic heterocycles. The zero-order valence-corrected chi connectivity index (χ0v) is 18.1. The highest BCUT2D eigenvalue weighted by atomic mass is 79.9. The Morgan fingerprint density at radius 3 is 1.12 bits per heavy atom. The van der Waals surface area contributed by atoms with E-state index in [1.807, 2.05) is 0 Å². The number of alkyl halides is 6. The molecule has 6 atom stereocenters. The van der Waals surface area contributed by atoms with Gasteiger partial charge in [-0.05, 0) is 12.8 Å². The van der Waals surface area contributed by atoms with Crippen molar-refractivity contribution >= 4 is 95.6 Å². The molecule has 16 heavy (non-hydrogen) atoms. The van der Waals surface area contributed by atoms with Gasteiger partial charge in [-0.25, -0.2) is 0 Å². The lowest BCUT2D eigenvalue weighted by atomic mass is 10.0. The standard InChI is InChI=1S/C10H14Br6/c11-5-3-1-2-4-6(12)8(14)10(16)9(15)7(5)13/h5-10H,1-4H2. The van der Waals surface area contributed by atoms with E-state index in [-0.39, 0.29) is 0 Å². The molecule has 0 N–H and O–H groups in total. The summed E-state index contributed by atoms with van der Waals surface area (Å²) in [6, 6.07) is 0. The summed E-state index contributed by atoms with van der Waals surface area (Å²) in [4.78, 5) is 2.75. The second-order valence-electron chi connectivity index (χ2n) is 4.09. The van der Waals surface area contributed by atoms with E-state index in [0.29, 0.717) is 29.0 Å². The number of rotatable bonds is 0. The fourth-order valence-electron chi connectivity index (χ4n) is 1.75. The van der Waals surface area contributed by atoms with Crippen LogP contribution in [0.2, 0.25) is 0 Å². The van der Waals surface area contributed by atoms with Crippen LogP contribution in [0.4, 0.5) is 0 Å². The van der Waals surface area contributed by atoms with Crippen LogP contribution in [0.25, 0.3) is 0 Å². The molecular formula is C10H14Br6. The lowest BCUT2D eigenvalue weighted by molar-refractivity contribution is 0.563. The molecule has 1 saturated carbocycles. The highest BCUT2D eigenvalue weighted by Gasteiger charge is 2.35. The molecule has 0 saturated heterocycles. The van der Waals surface area contributed by atoms with Gasteiger partial charge in [-0.3, -0.25) is 0 Å². The Kier molecular flexibility index (Phi) is 8.71. The second kappa shape index (κ2) is 8.23. The molecule has 0 spiro atoms. The normalized spacial score (nSPS) is 47.6. The van der Waals surface area contributed by atoms with Crippen molar-refractivity contribution in [2.45, 2.75) is 54.6 Å². The first kappa shape index (κ1) is 16.9. The monoisotopic (exact) mass is 608 g/mol. The Labute approximate surface area is 148 Å². The summed E-state index contributed by atoms with van der Waals surface area (Å²) in [6.07, 6.45) is 5.02. The molecule has 6 heteroatoms. The van der Waals surface area contributed by atoms with Crippen molar-refractivity contribution in [2.24, 2.45) is 0 Å². The lowest BCUT2D eigenvalue weighted by Crippen LogP contribution is -2.39. The summed E-state index contributed by atoms with van der Waals surface area (Å²) in [5.41, 5.74) is 0. The van der Waals surface area contributed by atoms with E-state index in [4.69, 9.17) is 0 Å². The predicted molar refractivity (Wildman–Crippen MR) is 94.8 cm³/mol. The van der Waals surface area contributed by atoms with E-state index < -0.39 is 0 Å². The average Bonchev–Trinajstić information content (AvgIpc) is 2.28. The summed E-state index contributed by atoms with van der Waals surface area (Å²) in [7, 11) is 0. The summed E-state index contributed by atoms with van der Waals surface area (Å²) >= 11 is 22.7. The topological polar surface area (TPSA) is 0 Å². The van der Waals surface area contributed by atoms with Gasteiger partial charge in [-0.15, -0.1) is 0 Å². The first-order valence-corrected chi connectivity index (χ1v) is 10.8. The van der Waals surface area contributed by atoms with Gasteiger partial charge in [0.05, 0.1) is 0 Å². The molecular weight excluding hydrogens is 600 g/mol. The van der Waals surface area contributed by atoms with Crippen LogP contribution in [-0.4, -0.2) is 29.0 Å². The number of halogens is 6. The van der Waals surface area contributed by atoms with Crippen LogP contribution >= 0.6 is 95.6 Å². The quantitative estimate of drug-likeness (QED) is 0.288. The molecule has 6 unspecified atom stereocenters. The van der Waals surface area contributed by atoms with E-state index in [1.54, 1.807) is 0 Å². The second-order valence-corrected chi connectivity index (χ2v) is 10.7. The Morgan fingerprint density at radius 2 is 0.812 bits per heavy atom. The Bertz CT molecular complexity index is 189. The van der Waals surface area contributed by atoms with Crippen LogP contribution in [0.15, 0.2) is 0 Å². The van der Waals surface area contributed by atoms with Gasteiger partial charge in [-0.2, -0.15) is 0 Å². The maximum atomic E-state index is 3.80.